The fourth-order valence-corrected chi connectivity index (χ4v) is 14.6. The van der Waals surface area contributed by atoms with E-state index in [0.717, 1.165) is 55.0 Å². The van der Waals surface area contributed by atoms with Crippen molar-refractivity contribution in [1.82, 2.24) is 25.8 Å². The fraction of sp³-hybridized carbons (Fsp3) is 0.583. The number of carbonyl (C=O) groups excluding carboxylic acids is 6. The number of β-amino-alcohol motifs (C(OH)–C–C–N with tert-alkyl or cyclic N) is 1. The van der Waals surface area contributed by atoms with Crippen LogP contribution in [0, 0.1) is 46.3 Å². The van der Waals surface area contributed by atoms with Crippen LogP contribution in [0.3, 0.4) is 0 Å². The number of aliphatic hydroxyl groups is 4. The van der Waals surface area contributed by atoms with Gasteiger partial charge in [0.1, 0.15) is 23.9 Å². The van der Waals surface area contributed by atoms with E-state index in [-0.39, 0.29) is 59.4 Å². The monoisotopic (exact) mass is 1040 g/mol. The first kappa shape index (κ1) is 56.6. The predicted molar refractivity (Wildman–Crippen MR) is 288 cm³/mol. The number of aliphatic hydroxyl groups excluding tert-OH is 3. The normalized spacial score (nSPS) is 32.1. The molecule has 0 spiro atoms. The number of benzene rings is 2. The van der Waals surface area contributed by atoms with Gasteiger partial charge >= 0.3 is 0 Å². The lowest BCUT2D eigenvalue weighted by Crippen LogP contribution is -2.62. The van der Waals surface area contributed by atoms with Gasteiger partial charge in [0, 0.05) is 40.8 Å². The maximum atomic E-state index is 13.8. The van der Waals surface area contributed by atoms with Gasteiger partial charge in [-0.3, -0.25) is 33.7 Å². The average Bonchev–Trinajstić information content (AvgIpc) is 3.70. The number of likely N-dealkylation sites (tertiary alicyclic amines) is 1. The van der Waals surface area contributed by atoms with Crippen LogP contribution in [0.4, 0.5) is 0 Å². The largest absolute Gasteiger partial charge is 0.393 e. The van der Waals surface area contributed by atoms with Crippen LogP contribution in [-0.4, -0.2) is 127 Å². The van der Waals surface area contributed by atoms with E-state index >= 15 is 0 Å². The van der Waals surface area contributed by atoms with E-state index in [0.29, 0.717) is 36.7 Å². The molecule has 16 heteroatoms. The number of pyridine rings is 1. The third kappa shape index (κ3) is 11.8. The molecule has 0 radical (unpaired) electrons. The maximum Gasteiger partial charge on any atom is 0.270 e. The number of hydrogen-bond donors (Lipinski definition) is 8. The molecule has 0 unspecified atom stereocenters. The van der Waals surface area contributed by atoms with E-state index in [1.165, 1.54) is 6.42 Å². The van der Waals surface area contributed by atoms with Crippen LogP contribution in [0.5, 0.6) is 0 Å². The number of para-hydroxylation sites is 1. The second kappa shape index (κ2) is 22.7. The Morgan fingerprint density at radius 3 is 2.32 bits per heavy atom. The Hall–Kier alpha value is -5.65. The molecule has 6 aliphatic rings. The zero-order chi connectivity index (χ0) is 54.9. The molecule has 5 aliphatic carbocycles. The van der Waals surface area contributed by atoms with Gasteiger partial charge in [0.25, 0.3) is 5.91 Å². The standard InChI is InChI=1S/C38H50N6O5.C22H30O5/c1-38(2,3)43-37(49)32-20-26-14-7-8-15-27(26)22-44(32)23-33(45)30(19-24-11-5-4-6-12-24)41-36(48)31(21-34(39)46)42-35(47)29-18-17-25-13-9-10-16-28(25)40-29;1-12-8-14-15-5-7-22(27,18(26)11-23)21(15,3)10-17(25)19(14)20(2)6-4-13(24)9-16(12)20/h4-6,9-13,16-18,26-27,30-33,45H,7-8,14-15,19-23H2,1-3H3,(H2,39,46)(H,41,48)(H,42,47)(H,43,49);4,6,9,12,14-15,17,19,23,25,27H,5,7-8,10-11H2,1-3H3/t26-,27+,30-,31-,32-,33+;12-,14-,15-,17-,19+,20-,21-,22-/m00/s1. The lowest BCUT2D eigenvalue weighted by Gasteiger charge is -2.60. The molecular formula is C60H80N6O10. The van der Waals surface area contributed by atoms with E-state index in [4.69, 9.17) is 5.73 Å². The summed E-state index contributed by atoms with van der Waals surface area (Å²) in [5.41, 5.74) is 5.11. The summed E-state index contributed by atoms with van der Waals surface area (Å²) in [5.74, 6) is -1.27. The number of ketones is 2. The number of amides is 4. The van der Waals surface area contributed by atoms with Crippen molar-refractivity contribution in [2.24, 2.45) is 52.1 Å². The summed E-state index contributed by atoms with van der Waals surface area (Å²) >= 11 is 0. The highest BCUT2D eigenvalue weighted by atomic mass is 16.3. The van der Waals surface area contributed by atoms with Crippen molar-refractivity contribution in [3.8, 4) is 0 Å². The summed E-state index contributed by atoms with van der Waals surface area (Å²) in [6.45, 7) is 12.2. The molecule has 410 valence electrons. The Balaban J connectivity index is 0.000000237. The third-order valence-electron chi connectivity index (χ3n) is 18.2. The number of primary amides is 1. The number of rotatable bonds is 14. The number of nitrogens with two attached hydrogens (primary N) is 1. The van der Waals surface area contributed by atoms with Gasteiger partial charge in [0.05, 0.1) is 36.2 Å². The van der Waals surface area contributed by atoms with Crippen LogP contribution in [0.15, 0.2) is 90.5 Å². The molecule has 14 atom stereocenters. The van der Waals surface area contributed by atoms with Gasteiger partial charge < -0.3 is 42.1 Å². The van der Waals surface area contributed by atoms with Crippen molar-refractivity contribution in [3.63, 3.8) is 0 Å². The quantitative estimate of drug-likeness (QED) is 0.107. The van der Waals surface area contributed by atoms with Gasteiger partial charge in [-0.25, -0.2) is 4.98 Å². The number of aromatic nitrogens is 1. The summed E-state index contributed by atoms with van der Waals surface area (Å²) in [7, 11) is 0. The van der Waals surface area contributed by atoms with Gasteiger partial charge in [0.15, 0.2) is 11.6 Å². The van der Waals surface area contributed by atoms with Gasteiger partial charge in [-0.15, -0.1) is 0 Å². The zero-order valence-corrected chi connectivity index (χ0v) is 45.0. The molecule has 9 N–H and O–H groups in total. The first-order chi connectivity index (χ1) is 35.9. The molecular weight excluding hydrogens is 965 g/mol. The summed E-state index contributed by atoms with van der Waals surface area (Å²) in [4.78, 5) is 83.6. The molecule has 1 aromatic heterocycles. The van der Waals surface area contributed by atoms with Crippen molar-refractivity contribution in [1.29, 1.82) is 0 Å². The minimum Gasteiger partial charge on any atom is -0.393 e. The molecule has 4 saturated carbocycles. The first-order valence-electron chi connectivity index (χ1n) is 27.5. The Bertz CT molecular complexity index is 2720. The second-order valence-electron chi connectivity index (χ2n) is 24.4. The number of piperidine rings is 1. The summed E-state index contributed by atoms with van der Waals surface area (Å²) in [6.07, 6.45) is 10.9. The smallest absolute Gasteiger partial charge is 0.270 e. The SMILES string of the molecule is CC(C)(C)NC(=O)[C@@H]1C[C@@H]2CCCC[C@@H]2CN1C[C@@H](O)[C@H](Cc1ccccc1)NC(=O)[C@H](CC(N)=O)NC(=O)c1ccc2ccccc2n1.C[C@H]1C[C@@H]2[C@H]([C@@H](O)C[C@@]3(C)[C@H]2CC[C@]3(O)C(=O)CO)[C@@]2(C)C=CC(=O)C=C12. The predicted octanol–water partition coefficient (Wildman–Crippen LogP) is 4.90. The lowest BCUT2D eigenvalue weighted by atomic mass is 9.45. The molecule has 2 heterocycles. The molecule has 16 nitrogen and oxygen atoms in total. The maximum absolute atomic E-state index is 13.8. The zero-order valence-electron chi connectivity index (χ0n) is 45.0. The van der Waals surface area contributed by atoms with E-state index in [9.17, 15) is 49.2 Å². The molecule has 4 amide bonds. The van der Waals surface area contributed by atoms with Gasteiger partial charge in [-0.05, 0) is 125 Å². The highest BCUT2D eigenvalue weighted by Gasteiger charge is 2.68. The van der Waals surface area contributed by atoms with Crippen molar-refractivity contribution >= 4 is 46.1 Å². The number of carbonyl (C=O) groups is 6. The number of nitrogens with one attached hydrogen (secondary N) is 3. The molecule has 76 heavy (non-hydrogen) atoms. The lowest BCUT2D eigenvalue weighted by molar-refractivity contribution is -0.180. The van der Waals surface area contributed by atoms with Gasteiger partial charge in [-0.2, -0.15) is 0 Å². The molecule has 1 saturated heterocycles. The second-order valence-corrected chi connectivity index (χ2v) is 24.4. The van der Waals surface area contributed by atoms with Crippen LogP contribution in [0.25, 0.3) is 10.9 Å². The Labute approximate surface area is 446 Å². The van der Waals surface area contributed by atoms with Gasteiger partial charge in [0.2, 0.25) is 17.7 Å². The minimum atomic E-state index is -1.57. The highest BCUT2D eigenvalue weighted by Crippen LogP contribution is 2.67. The molecule has 5 fully saturated rings. The first-order valence-corrected chi connectivity index (χ1v) is 27.5. The van der Waals surface area contributed by atoms with Crippen molar-refractivity contribution < 1.29 is 49.2 Å². The summed E-state index contributed by atoms with van der Waals surface area (Å²) in [6, 6.07) is 17.6. The van der Waals surface area contributed by atoms with Crippen molar-refractivity contribution in [2.45, 2.75) is 154 Å². The number of hydrogen-bond acceptors (Lipinski definition) is 12. The molecule has 9 rings (SSSR count). The van der Waals surface area contributed by atoms with E-state index in [1.54, 1.807) is 30.4 Å². The minimum absolute atomic E-state index is 0.00620. The van der Waals surface area contributed by atoms with Gasteiger partial charge in [-0.1, -0.05) is 106 Å². The van der Waals surface area contributed by atoms with Crippen LogP contribution < -0.4 is 21.7 Å². The Morgan fingerprint density at radius 2 is 1.62 bits per heavy atom. The summed E-state index contributed by atoms with van der Waals surface area (Å²) in [5, 5.41) is 53.3. The Kier molecular flexibility index (Phi) is 16.9. The van der Waals surface area contributed by atoms with Crippen molar-refractivity contribution in [2.75, 3.05) is 19.7 Å². The van der Waals surface area contributed by atoms with Crippen LogP contribution in [0.2, 0.25) is 0 Å². The van der Waals surface area contributed by atoms with Crippen LogP contribution >= 0.6 is 0 Å². The van der Waals surface area contributed by atoms with Crippen LogP contribution in [-0.2, 0) is 30.4 Å². The number of fused-ring (bicyclic) bond motifs is 7. The van der Waals surface area contributed by atoms with E-state index in [1.807, 2.05) is 82.3 Å². The molecule has 1 aliphatic heterocycles. The topological polar surface area (TPSA) is 262 Å². The fourth-order valence-electron chi connectivity index (χ4n) is 14.6. The van der Waals surface area contributed by atoms with Crippen LogP contribution in [0.1, 0.15) is 122 Å². The Morgan fingerprint density at radius 1 is 0.921 bits per heavy atom. The molecule has 0 bridgehead atoms. The third-order valence-corrected chi connectivity index (χ3v) is 18.2. The summed E-state index contributed by atoms with van der Waals surface area (Å²) < 4.78 is 0. The number of Topliss-reactive ketones (excluding diaryl/α,β-unsaturated/α-hetero) is 1. The van der Waals surface area contributed by atoms with E-state index < -0.39 is 83.4 Å². The van der Waals surface area contributed by atoms with E-state index in [2.05, 4.69) is 39.7 Å². The number of allylic oxidation sites excluding steroid dienone is 4. The average molecular weight is 1050 g/mol. The highest BCUT2D eigenvalue weighted by molar-refractivity contribution is 6.01. The van der Waals surface area contributed by atoms with Crippen molar-refractivity contribution in [3.05, 3.63) is 102 Å². The molecule has 2 aromatic carbocycles. The number of nitrogens with zero attached hydrogens (tertiary/aromatic N) is 2. The molecule has 3 aromatic rings.